The third-order valence-corrected chi connectivity index (χ3v) is 10.9. The molecule has 0 spiro atoms. The van der Waals surface area contributed by atoms with E-state index >= 15 is 0 Å². The number of benzene rings is 2. The minimum atomic E-state index is -0.570. The molecule has 5 N–H and O–H groups in total. The maximum Gasteiger partial charge on any atom is 0.419 e. The quantitative estimate of drug-likeness (QED) is 0.107. The number of halogens is 4. The molecule has 2 aliphatic carbocycles. The fourth-order valence-electron chi connectivity index (χ4n) is 7.04. The van der Waals surface area contributed by atoms with Crippen molar-refractivity contribution in [1.82, 2.24) is 34.8 Å². The van der Waals surface area contributed by atoms with E-state index in [1.807, 2.05) is 12.1 Å². The number of nitrogens with zero attached hydrogens (tertiary/aromatic N) is 6. The molecule has 20 heteroatoms. The van der Waals surface area contributed by atoms with Gasteiger partial charge in [0.1, 0.15) is 31.2 Å². The Labute approximate surface area is 391 Å². The van der Waals surface area contributed by atoms with Gasteiger partial charge in [0, 0.05) is 67.0 Å². The van der Waals surface area contributed by atoms with Crippen LogP contribution in [0.3, 0.4) is 0 Å². The Morgan fingerprint density at radius 1 is 0.687 bits per heavy atom. The molecule has 3 amide bonds. The van der Waals surface area contributed by atoms with Crippen LogP contribution < -0.4 is 21.7 Å². The number of carbonyl (C=O) groups is 4. The summed E-state index contributed by atoms with van der Waals surface area (Å²) in [6, 6.07) is 18.4. The minimum absolute atomic E-state index is 0.0359. The van der Waals surface area contributed by atoms with Gasteiger partial charge in [-0.1, -0.05) is 35.3 Å². The molecule has 0 radical (unpaired) electrons. The molecule has 0 aliphatic heterocycles. The number of amides is 3. The molecule has 0 saturated heterocycles. The van der Waals surface area contributed by atoms with Crippen molar-refractivity contribution in [3.63, 3.8) is 0 Å². The average Bonchev–Trinajstić information content (AvgIpc) is 4.12. The van der Waals surface area contributed by atoms with Crippen LogP contribution in [0.15, 0.2) is 129 Å². The lowest BCUT2D eigenvalue weighted by Gasteiger charge is -2.14. The fraction of sp³-hybridized carbons (Fsp3) is 0.170. The Morgan fingerprint density at radius 3 is 1.78 bits per heavy atom. The van der Waals surface area contributed by atoms with Gasteiger partial charge in [0.15, 0.2) is 0 Å². The topological polar surface area (TPSA) is 218 Å². The Hall–Kier alpha value is -7.67. The van der Waals surface area contributed by atoms with Gasteiger partial charge in [0.25, 0.3) is 11.8 Å². The van der Waals surface area contributed by atoms with Crippen LogP contribution in [0, 0.1) is 11.6 Å². The van der Waals surface area contributed by atoms with E-state index in [2.05, 4.69) is 40.9 Å². The SMILES string of the molecule is NC1CCc2c(C(=O)Nc3ccc(F)c(Cl)c3)cncc21.O=C(NC1CCc2c(C(=O)Nc3ccc(F)c(Cl)c3)cncc21)OCc1ccccn1.O=C(OCc1ccccn1)n1ccnc1. The van der Waals surface area contributed by atoms with Gasteiger partial charge in [-0.2, -0.15) is 0 Å². The van der Waals surface area contributed by atoms with Crippen molar-refractivity contribution >= 4 is 58.6 Å². The maximum absolute atomic E-state index is 13.3. The van der Waals surface area contributed by atoms with Crippen LogP contribution in [-0.4, -0.2) is 53.5 Å². The van der Waals surface area contributed by atoms with Crippen molar-refractivity contribution < 1.29 is 37.4 Å². The van der Waals surface area contributed by atoms with Crippen molar-refractivity contribution in [2.75, 3.05) is 10.6 Å². The van der Waals surface area contributed by atoms with Crippen molar-refractivity contribution in [3.05, 3.63) is 195 Å². The Morgan fingerprint density at radius 2 is 1.24 bits per heavy atom. The number of nitrogens with one attached hydrogen (secondary N) is 3. The predicted molar refractivity (Wildman–Crippen MR) is 243 cm³/mol. The van der Waals surface area contributed by atoms with E-state index in [4.69, 9.17) is 38.4 Å². The molecule has 16 nitrogen and oxygen atoms in total. The van der Waals surface area contributed by atoms with Crippen molar-refractivity contribution in [2.24, 2.45) is 5.73 Å². The summed E-state index contributed by atoms with van der Waals surface area (Å²) in [5.41, 5.74) is 12.5. The molecule has 342 valence electrons. The van der Waals surface area contributed by atoms with Crippen LogP contribution in [0.25, 0.3) is 0 Å². The van der Waals surface area contributed by atoms with Gasteiger partial charge >= 0.3 is 12.2 Å². The van der Waals surface area contributed by atoms with E-state index in [0.29, 0.717) is 46.7 Å². The first kappa shape index (κ1) is 47.3. The van der Waals surface area contributed by atoms with Gasteiger partial charge in [-0.05, 0) is 109 Å². The number of ether oxygens (including phenoxy) is 2. The number of carbonyl (C=O) groups excluding carboxylic acids is 4. The smallest absolute Gasteiger partial charge is 0.419 e. The number of aromatic nitrogens is 6. The Bertz CT molecular complexity index is 2860. The molecule has 0 bridgehead atoms. The summed E-state index contributed by atoms with van der Waals surface area (Å²) in [5, 5.41) is 8.10. The number of anilines is 2. The Kier molecular flexibility index (Phi) is 15.9. The average molecular weight is 950 g/mol. The van der Waals surface area contributed by atoms with E-state index < -0.39 is 23.8 Å². The normalized spacial score (nSPS) is 14.2. The molecule has 9 rings (SSSR count). The summed E-state index contributed by atoms with van der Waals surface area (Å²) >= 11 is 11.5. The molecule has 0 saturated carbocycles. The van der Waals surface area contributed by atoms with Gasteiger partial charge in [-0.15, -0.1) is 0 Å². The van der Waals surface area contributed by atoms with Crippen LogP contribution in [0.4, 0.5) is 29.7 Å². The van der Waals surface area contributed by atoms with Gasteiger partial charge < -0.3 is 31.2 Å². The predicted octanol–water partition coefficient (Wildman–Crippen LogP) is 8.97. The molecule has 5 heterocycles. The van der Waals surface area contributed by atoms with Gasteiger partial charge in [-0.3, -0.25) is 29.5 Å². The highest BCUT2D eigenvalue weighted by molar-refractivity contribution is 6.31. The molecule has 2 aliphatic rings. The van der Waals surface area contributed by atoms with Crippen LogP contribution in [-0.2, 0) is 35.5 Å². The van der Waals surface area contributed by atoms with Gasteiger partial charge in [-0.25, -0.2) is 27.9 Å². The van der Waals surface area contributed by atoms with Crippen molar-refractivity contribution in [3.8, 4) is 0 Å². The number of alkyl carbamates (subject to hydrolysis) is 1. The first-order valence-electron chi connectivity index (χ1n) is 20.5. The lowest BCUT2D eigenvalue weighted by molar-refractivity contribution is 0.101. The van der Waals surface area contributed by atoms with Crippen molar-refractivity contribution in [1.29, 1.82) is 0 Å². The first-order valence-corrected chi connectivity index (χ1v) is 21.3. The number of hydrogen-bond acceptors (Lipinski definition) is 12. The summed E-state index contributed by atoms with van der Waals surface area (Å²) in [6.07, 6.45) is 15.8. The summed E-state index contributed by atoms with van der Waals surface area (Å²) in [7, 11) is 0. The highest BCUT2D eigenvalue weighted by Gasteiger charge is 2.29. The number of pyridine rings is 4. The number of hydrogen-bond donors (Lipinski definition) is 4. The largest absolute Gasteiger partial charge is 0.443 e. The highest BCUT2D eigenvalue weighted by Crippen LogP contribution is 2.34. The standard InChI is InChI=1S/C22H18ClFN4O3.C15H13ClFN3O.C10H9N3O2/c23-18-9-13(4-6-19(18)24)27-21(29)17-11-25-10-16-15(17)5-7-20(16)28-22(30)31-12-14-3-1-2-8-26-14;16-12-5-8(1-3-13(12)17)20-15(21)11-7-19-6-10-9(11)2-4-14(10)18;14-10(13-6-5-11-8-13)15-7-9-3-1-2-4-12-9/h1-4,6,8-11,20H,5,7,12H2,(H,27,29)(H,28,30);1,3,5-7,14H,2,4,18H2,(H,20,21);1-6,8H,7H2. The summed E-state index contributed by atoms with van der Waals surface area (Å²) in [5.74, 6) is -1.77. The molecule has 2 unspecified atom stereocenters. The summed E-state index contributed by atoms with van der Waals surface area (Å²) < 4.78 is 37.9. The van der Waals surface area contributed by atoms with Crippen LogP contribution in [0.5, 0.6) is 0 Å². The fourth-order valence-corrected chi connectivity index (χ4v) is 7.40. The minimum Gasteiger partial charge on any atom is -0.443 e. The lowest BCUT2D eigenvalue weighted by atomic mass is 10.1. The van der Waals surface area contributed by atoms with Crippen LogP contribution in [0.2, 0.25) is 10.0 Å². The van der Waals surface area contributed by atoms with Crippen molar-refractivity contribution in [2.45, 2.75) is 51.0 Å². The summed E-state index contributed by atoms with van der Waals surface area (Å²) in [4.78, 5) is 68.8. The number of nitrogens with two attached hydrogens (primary N) is 1. The molecule has 67 heavy (non-hydrogen) atoms. The first-order chi connectivity index (χ1) is 32.4. The number of imidazole rings is 1. The zero-order valence-corrected chi connectivity index (χ0v) is 36.8. The Balaban J connectivity index is 0.000000160. The monoisotopic (exact) mass is 948 g/mol. The molecule has 5 aromatic heterocycles. The van der Waals surface area contributed by atoms with Gasteiger partial charge in [0.05, 0.1) is 38.6 Å². The van der Waals surface area contributed by atoms with E-state index in [9.17, 15) is 28.0 Å². The number of fused-ring (bicyclic) bond motifs is 2. The number of rotatable bonds is 9. The second kappa shape index (κ2) is 22.5. The van der Waals surface area contributed by atoms with Crippen LogP contribution >= 0.6 is 23.2 Å². The molecular weight excluding hydrogens is 909 g/mol. The zero-order chi connectivity index (χ0) is 47.3. The highest BCUT2D eigenvalue weighted by atomic mass is 35.5. The molecular formula is C47H40Cl2F2N10O6. The zero-order valence-electron chi connectivity index (χ0n) is 35.2. The molecule has 2 atom stereocenters. The van der Waals surface area contributed by atoms with Gasteiger partial charge in [0.2, 0.25) is 0 Å². The van der Waals surface area contributed by atoms with E-state index in [1.165, 1.54) is 72.1 Å². The molecule has 7 aromatic rings. The van der Waals surface area contributed by atoms with E-state index in [0.717, 1.165) is 35.1 Å². The molecule has 0 fully saturated rings. The second-order valence-electron chi connectivity index (χ2n) is 14.8. The maximum atomic E-state index is 13.3. The second-order valence-corrected chi connectivity index (χ2v) is 15.6. The summed E-state index contributed by atoms with van der Waals surface area (Å²) in [6.45, 7) is 0.227. The lowest BCUT2D eigenvalue weighted by Crippen LogP contribution is -2.28. The van der Waals surface area contributed by atoms with E-state index in [1.54, 1.807) is 49.1 Å². The van der Waals surface area contributed by atoms with Crippen LogP contribution in [0.1, 0.15) is 79.3 Å². The molecule has 2 aromatic carbocycles. The third kappa shape index (κ3) is 12.6. The van der Waals surface area contributed by atoms with E-state index in [-0.39, 0.29) is 47.2 Å². The third-order valence-electron chi connectivity index (χ3n) is 10.3.